The van der Waals surface area contributed by atoms with E-state index in [-0.39, 0.29) is 6.04 Å². The van der Waals surface area contributed by atoms with Gasteiger partial charge >= 0.3 is 0 Å². The van der Waals surface area contributed by atoms with Crippen molar-refractivity contribution < 1.29 is 0 Å². The van der Waals surface area contributed by atoms with Gasteiger partial charge in [-0.2, -0.15) is 0 Å². The van der Waals surface area contributed by atoms with E-state index in [4.69, 9.17) is 4.99 Å². The van der Waals surface area contributed by atoms with Crippen LogP contribution in [-0.4, -0.2) is 6.21 Å². The summed E-state index contributed by atoms with van der Waals surface area (Å²) in [6, 6.07) is 24.2. The lowest BCUT2D eigenvalue weighted by Gasteiger charge is -2.29. The maximum absolute atomic E-state index is 5.38. The van der Waals surface area contributed by atoms with E-state index < -0.39 is 0 Å². The Morgan fingerprint density at radius 2 is 0.848 bits per heavy atom. The highest BCUT2D eigenvalue weighted by atomic mass is 14.8. The van der Waals surface area contributed by atoms with Gasteiger partial charge in [0.1, 0.15) is 6.04 Å². The zero-order chi connectivity index (χ0) is 24.1. The smallest absolute Gasteiger partial charge is 0.101 e. The summed E-state index contributed by atoms with van der Waals surface area (Å²) in [7, 11) is 0. The van der Waals surface area contributed by atoms with Crippen molar-refractivity contribution in [3.8, 4) is 0 Å². The molecule has 0 spiro atoms. The van der Waals surface area contributed by atoms with Crippen LogP contribution in [-0.2, 0) is 0 Å². The fourth-order valence-electron chi connectivity index (χ4n) is 4.84. The lowest BCUT2D eigenvalue weighted by atomic mass is 9.78. The van der Waals surface area contributed by atoms with E-state index in [0.29, 0.717) is 23.7 Å². The highest BCUT2D eigenvalue weighted by molar-refractivity contribution is 5.80. The SMILES string of the molecule is CC(C)c1cccc(C(C)C)c1C(N=Cc1ccccc1)c1c(C(C)C)cccc1C(C)C. The average Bonchev–Trinajstić information content (AvgIpc) is 2.79. The van der Waals surface area contributed by atoms with E-state index >= 15 is 0 Å². The molecule has 174 valence electrons. The molecule has 0 aromatic heterocycles. The fourth-order valence-corrected chi connectivity index (χ4v) is 4.84. The van der Waals surface area contributed by atoms with Gasteiger partial charge in [0.15, 0.2) is 0 Å². The molecule has 0 aliphatic rings. The summed E-state index contributed by atoms with van der Waals surface area (Å²) in [5.41, 5.74) is 9.56. The first-order valence-electron chi connectivity index (χ1n) is 12.6. The summed E-state index contributed by atoms with van der Waals surface area (Å²) in [6.45, 7) is 18.4. The van der Waals surface area contributed by atoms with Gasteiger partial charge in [0, 0.05) is 6.21 Å². The normalized spacial score (nSPS) is 12.3. The van der Waals surface area contributed by atoms with Crippen LogP contribution in [0, 0.1) is 0 Å². The Morgan fingerprint density at radius 1 is 0.485 bits per heavy atom. The molecule has 33 heavy (non-hydrogen) atoms. The summed E-state index contributed by atoms with van der Waals surface area (Å²) in [5.74, 6) is 1.73. The first kappa shape index (κ1) is 25.0. The molecule has 0 saturated heterocycles. The molecule has 0 radical (unpaired) electrons. The number of aliphatic imine (C=N–C) groups is 1. The molecule has 3 aromatic rings. The van der Waals surface area contributed by atoms with Gasteiger partial charge in [-0.3, -0.25) is 4.99 Å². The number of rotatable bonds is 8. The maximum Gasteiger partial charge on any atom is 0.101 e. The molecule has 0 fully saturated rings. The molecule has 3 aromatic carbocycles. The van der Waals surface area contributed by atoms with E-state index in [2.05, 4.69) is 128 Å². The molecule has 0 N–H and O–H groups in total. The second kappa shape index (κ2) is 11.0. The molecular formula is C32H41N. The highest BCUT2D eigenvalue weighted by Crippen LogP contribution is 2.43. The standard InChI is InChI=1S/C32H41N/c1-21(2)26-16-12-17-27(22(3)4)30(26)32(33-20-25-14-10-9-11-15-25)31-28(23(5)6)18-13-19-29(31)24(7)8/h9-24,32H,1-8H3. The number of hydrogen-bond acceptors (Lipinski definition) is 1. The summed E-state index contributed by atoms with van der Waals surface area (Å²) in [6.07, 6.45) is 2.08. The molecule has 0 aliphatic heterocycles. The summed E-state index contributed by atoms with van der Waals surface area (Å²) >= 11 is 0. The third-order valence-corrected chi connectivity index (χ3v) is 6.55. The second-order valence-electron chi connectivity index (χ2n) is 10.4. The van der Waals surface area contributed by atoms with Crippen LogP contribution in [0.25, 0.3) is 0 Å². The molecular weight excluding hydrogens is 398 g/mol. The minimum atomic E-state index is -0.0304. The number of nitrogens with zero attached hydrogens (tertiary/aromatic N) is 1. The monoisotopic (exact) mass is 439 g/mol. The molecule has 1 heteroatoms. The Labute approximate surface area is 202 Å². The van der Waals surface area contributed by atoms with E-state index in [0.717, 1.165) is 5.56 Å². The van der Waals surface area contributed by atoms with E-state index in [1.54, 1.807) is 0 Å². The quantitative estimate of drug-likeness (QED) is 0.310. The Bertz CT molecular complexity index is 955. The van der Waals surface area contributed by atoms with E-state index in [1.807, 2.05) is 0 Å². The minimum absolute atomic E-state index is 0.0304. The molecule has 0 aliphatic carbocycles. The van der Waals surface area contributed by atoms with Crippen molar-refractivity contribution in [3.05, 3.63) is 106 Å². The predicted molar refractivity (Wildman–Crippen MR) is 145 cm³/mol. The van der Waals surface area contributed by atoms with Crippen molar-refractivity contribution in [2.75, 3.05) is 0 Å². The molecule has 0 heterocycles. The number of benzene rings is 3. The summed E-state index contributed by atoms with van der Waals surface area (Å²) in [5, 5.41) is 0. The molecule has 0 unspecified atom stereocenters. The van der Waals surface area contributed by atoms with Crippen molar-refractivity contribution in [2.24, 2.45) is 4.99 Å². The average molecular weight is 440 g/mol. The summed E-state index contributed by atoms with van der Waals surface area (Å²) in [4.78, 5) is 5.38. The van der Waals surface area contributed by atoms with Crippen molar-refractivity contribution in [1.82, 2.24) is 0 Å². The van der Waals surface area contributed by atoms with Gasteiger partial charge < -0.3 is 0 Å². The van der Waals surface area contributed by atoms with Gasteiger partial charge in [-0.25, -0.2) is 0 Å². The maximum atomic E-state index is 5.38. The third-order valence-electron chi connectivity index (χ3n) is 6.55. The van der Waals surface area contributed by atoms with Crippen molar-refractivity contribution in [3.63, 3.8) is 0 Å². The lowest BCUT2D eigenvalue weighted by Crippen LogP contribution is -2.14. The van der Waals surface area contributed by atoms with Crippen LogP contribution in [0.2, 0.25) is 0 Å². The first-order valence-corrected chi connectivity index (χ1v) is 12.6. The second-order valence-corrected chi connectivity index (χ2v) is 10.4. The molecule has 0 amide bonds. The zero-order valence-corrected chi connectivity index (χ0v) is 21.8. The molecule has 3 rings (SSSR count). The summed E-state index contributed by atoms with van der Waals surface area (Å²) < 4.78 is 0. The van der Waals surface area contributed by atoms with Crippen LogP contribution in [0.3, 0.4) is 0 Å². The van der Waals surface area contributed by atoms with Gasteiger partial charge in [0.2, 0.25) is 0 Å². The minimum Gasteiger partial charge on any atom is -0.280 e. The predicted octanol–water partition coefficient (Wildman–Crippen LogP) is 9.39. The van der Waals surface area contributed by atoms with Crippen LogP contribution < -0.4 is 0 Å². The van der Waals surface area contributed by atoms with E-state index in [1.165, 1.54) is 33.4 Å². The highest BCUT2D eigenvalue weighted by Gasteiger charge is 2.28. The Balaban J connectivity index is 2.40. The Hall–Kier alpha value is -2.67. The lowest BCUT2D eigenvalue weighted by molar-refractivity contribution is 0.718. The molecule has 0 atom stereocenters. The number of hydrogen-bond donors (Lipinski definition) is 0. The Morgan fingerprint density at radius 3 is 1.18 bits per heavy atom. The van der Waals surface area contributed by atoms with Crippen LogP contribution >= 0.6 is 0 Å². The van der Waals surface area contributed by atoms with Crippen LogP contribution in [0.5, 0.6) is 0 Å². The van der Waals surface area contributed by atoms with Gasteiger partial charge in [-0.1, -0.05) is 122 Å². The largest absolute Gasteiger partial charge is 0.280 e. The van der Waals surface area contributed by atoms with E-state index in [9.17, 15) is 0 Å². The molecule has 0 saturated carbocycles. The van der Waals surface area contributed by atoms with Gasteiger partial charge in [0.05, 0.1) is 0 Å². The van der Waals surface area contributed by atoms with Gasteiger partial charge in [0.25, 0.3) is 0 Å². The zero-order valence-electron chi connectivity index (χ0n) is 21.8. The fraction of sp³-hybridized carbons (Fsp3) is 0.406. The topological polar surface area (TPSA) is 12.4 Å². The van der Waals surface area contributed by atoms with Gasteiger partial charge in [-0.05, 0) is 62.6 Å². The van der Waals surface area contributed by atoms with Crippen LogP contribution in [0.4, 0.5) is 0 Å². The Kier molecular flexibility index (Phi) is 8.30. The van der Waals surface area contributed by atoms with Gasteiger partial charge in [-0.15, -0.1) is 0 Å². The van der Waals surface area contributed by atoms with Crippen molar-refractivity contribution in [2.45, 2.75) is 85.1 Å². The first-order chi connectivity index (χ1) is 15.7. The van der Waals surface area contributed by atoms with Crippen LogP contribution in [0.15, 0.2) is 71.7 Å². The van der Waals surface area contributed by atoms with Crippen molar-refractivity contribution in [1.29, 1.82) is 0 Å². The van der Waals surface area contributed by atoms with Crippen molar-refractivity contribution >= 4 is 6.21 Å². The molecule has 0 bridgehead atoms. The van der Waals surface area contributed by atoms with Crippen LogP contribution in [0.1, 0.15) is 124 Å². The molecule has 1 nitrogen and oxygen atoms in total. The third kappa shape index (κ3) is 5.64.